The third-order valence-electron chi connectivity index (χ3n) is 3.38. The van der Waals surface area contributed by atoms with E-state index in [1.165, 1.54) is 0 Å². The summed E-state index contributed by atoms with van der Waals surface area (Å²) in [6.45, 7) is 1.96. The van der Waals surface area contributed by atoms with Crippen LogP contribution in [0.2, 0.25) is 0 Å². The number of carbonyl (C=O) groups is 1. The Morgan fingerprint density at radius 1 is 1.04 bits per heavy atom. The molecule has 0 unspecified atom stereocenters. The first-order valence-electron chi connectivity index (χ1n) is 7.69. The van der Waals surface area contributed by atoms with Gasteiger partial charge in [-0.1, -0.05) is 12.1 Å². The van der Waals surface area contributed by atoms with Crippen LogP contribution < -0.4 is 10.1 Å². The summed E-state index contributed by atoms with van der Waals surface area (Å²) in [5, 5.41) is 2.81. The minimum Gasteiger partial charge on any atom is -0.491 e. The van der Waals surface area contributed by atoms with E-state index in [0.717, 1.165) is 16.9 Å². The maximum Gasteiger partial charge on any atom is 0.253 e. The van der Waals surface area contributed by atoms with Gasteiger partial charge >= 0.3 is 0 Å². The number of pyridine rings is 1. The van der Waals surface area contributed by atoms with Gasteiger partial charge in [0.1, 0.15) is 12.4 Å². The van der Waals surface area contributed by atoms with Crippen LogP contribution >= 0.6 is 0 Å². The summed E-state index contributed by atoms with van der Waals surface area (Å²) in [4.78, 5) is 16.4. The van der Waals surface area contributed by atoms with Crippen molar-refractivity contribution in [2.75, 3.05) is 40.6 Å². The van der Waals surface area contributed by atoms with Crippen molar-refractivity contribution in [3.63, 3.8) is 0 Å². The van der Waals surface area contributed by atoms with Gasteiger partial charge in [0.25, 0.3) is 5.91 Å². The van der Waals surface area contributed by atoms with E-state index >= 15 is 0 Å². The van der Waals surface area contributed by atoms with Crippen molar-refractivity contribution >= 4 is 5.91 Å². The molecule has 0 saturated heterocycles. The second-order valence-electron chi connectivity index (χ2n) is 5.04. The highest BCUT2D eigenvalue weighted by molar-refractivity contribution is 6.00. The molecule has 128 valence electrons. The first-order valence-corrected chi connectivity index (χ1v) is 7.69. The average Bonchev–Trinajstić information content (AvgIpc) is 2.63. The molecule has 1 heterocycles. The predicted octanol–water partition coefficient (Wildman–Crippen LogP) is 2.15. The number of aromatic nitrogens is 1. The zero-order valence-electron chi connectivity index (χ0n) is 14.0. The van der Waals surface area contributed by atoms with Gasteiger partial charge in [0.15, 0.2) is 0 Å². The molecular formula is C18H22N2O4. The molecule has 1 aromatic carbocycles. The fourth-order valence-corrected chi connectivity index (χ4v) is 2.16. The van der Waals surface area contributed by atoms with Crippen molar-refractivity contribution < 1.29 is 19.0 Å². The minimum atomic E-state index is -0.171. The normalized spacial score (nSPS) is 10.4. The Balaban J connectivity index is 2.12. The zero-order chi connectivity index (χ0) is 17.2. The number of hydrogen-bond acceptors (Lipinski definition) is 5. The molecule has 0 radical (unpaired) electrons. The van der Waals surface area contributed by atoms with Gasteiger partial charge in [-0.3, -0.25) is 9.78 Å². The summed E-state index contributed by atoms with van der Waals surface area (Å²) < 4.78 is 15.4. The molecular weight excluding hydrogens is 308 g/mol. The fourth-order valence-electron chi connectivity index (χ4n) is 2.16. The Hall–Kier alpha value is -2.44. The standard InChI is InChI=1S/C18H22N2O4/c1-22-10-9-20-18(21)17-13-19-8-7-16(17)14-3-5-15(6-4-14)24-12-11-23-2/h3-8,13H,9-12H2,1-2H3,(H,20,21). The van der Waals surface area contributed by atoms with Gasteiger partial charge in [-0.15, -0.1) is 0 Å². The highest BCUT2D eigenvalue weighted by Crippen LogP contribution is 2.25. The quantitative estimate of drug-likeness (QED) is 0.714. The Morgan fingerprint density at radius 2 is 1.79 bits per heavy atom. The first-order chi connectivity index (χ1) is 11.8. The van der Waals surface area contributed by atoms with Crippen LogP contribution in [-0.2, 0) is 9.47 Å². The number of hydrogen-bond donors (Lipinski definition) is 1. The Labute approximate surface area is 141 Å². The molecule has 2 aromatic rings. The van der Waals surface area contributed by atoms with Crippen molar-refractivity contribution in [2.45, 2.75) is 0 Å². The summed E-state index contributed by atoms with van der Waals surface area (Å²) in [5.74, 6) is 0.589. The van der Waals surface area contributed by atoms with E-state index in [1.807, 2.05) is 30.3 Å². The lowest BCUT2D eigenvalue weighted by atomic mass is 10.0. The van der Waals surface area contributed by atoms with Gasteiger partial charge in [-0.05, 0) is 29.3 Å². The zero-order valence-corrected chi connectivity index (χ0v) is 14.0. The summed E-state index contributed by atoms with van der Waals surface area (Å²) >= 11 is 0. The molecule has 6 nitrogen and oxygen atoms in total. The van der Waals surface area contributed by atoms with Gasteiger partial charge in [-0.2, -0.15) is 0 Å². The molecule has 0 spiro atoms. The molecule has 24 heavy (non-hydrogen) atoms. The smallest absolute Gasteiger partial charge is 0.253 e. The van der Waals surface area contributed by atoms with E-state index in [2.05, 4.69) is 10.3 Å². The molecule has 0 fully saturated rings. The fraction of sp³-hybridized carbons (Fsp3) is 0.333. The van der Waals surface area contributed by atoms with E-state index < -0.39 is 0 Å². The van der Waals surface area contributed by atoms with Gasteiger partial charge in [0.2, 0.25) is 0 Å². The molecule has 1 aromatic heterocycles. The van der Waals surface area contributed by atoms with Crippen LogP contribution in [0.4, 0.5) is 0 Å². The molecule has 1 N–H and O–H groups in total. The minimum absolute atomic E-state index is 0.171. The van der Waals surface area contributed by atoms with E-state index in [4.69, 9.17) is 14.2 Å². The second-order valence-corrected chi connectivity index (χ2v) is 5.04. The summed E-state index contributed by atoms with van der Waals surface area (Å²) in [5.41, 5.74) is 2.28. The van der Waals surface area contributed by atoms with Gasteiger partial charge < -0.3 is 19.5 Å². The highest BCUT2D eigenvalue weighted by Gasteiger charge is 2.12. The van der Waals surface area contributed by atoms with Crippen LogP contribution in [0.25, 0.3) is 11.1 Å². The van der Waals surface area contributed by atoms with Crippen LogP contribution in [0.15, 0.2) is 42.7 Å². The number of amides is 1. The third-order valence-corrected chi connectivity index (χ3v) is 3.38. The number of carbonyl (C=O) groups excluding carboxylic acids is 1. The Morgan fingerprint density at radius 3 is 2.50 bits per heavy atom. The van der Waals surface area contributed by atoms with Crippen LogP contribution in [0, 0.1) is 0 Å². The van der Waals surface area contributed by atoms with E-state index in [0.29, 0.717) is 31.9 Å². The average molecular weight is 330 g/mol. The molecule has 0 bridgehead atoms. The lowest BCUT2D eigenvalue weighted by Gasteiger charge is -2.11. The van der Waals surface area contributed by atoms with Gasteiger partial charge in [0.05, 0.1) is 18.8 Å². The lowest BCUT2D eigenvalue weighted by molar-refractivity contribution is 0.0937. The number of nitrogens with one attached hydrogen (secondary N) is 1. The molecule has 0 aliphatic rings. The van der Waals surface area contributed by atoms with Crippen LogP contribution in [0.1, 0.15) is 10.4 Å². The number of nitrogens with zero attached hydrogens (tertiary/aromatic N) is 1. The van der Waals surface area contributed by atoms with Gasteiger partial charge in [0, 0.05) is 33.2 Å². The molecule has 6 heteroatoms. The third kappa shape index (κ3) is 5.04. The molecule has 0 atom stereocenters. The predicted molar refractivity (Wildman–Crippen MR) is 91.3 cm³/mol. The molecule has 0 aliphatic carbocycles. The first kappa shape index (κ1) is 17.9. The number of methoxy groups -OCH3 is 2. The van der Waals surface area contributed by atoms with Crippen LogP contribution in [0.5, 0.6) is 5.75 Å². The molecule has 2 rings (SSSR count). The van der Waals surface area contributed by atoms with Crippen molar-refractivity contribution in [3.8, 4) is 16.9 Å². The van der Waals surface area contributed by atoms with Gasteiger partial charge in [-0.25, -0.2) is 0 Å². The highest BCUT2D eigenvalue weighted by atomic mass is 16.5. The summed E-state index contributed by atoms with van der Waals surface area (Å²) in [6, 6.07) is 9.41. The SMILES string of the molecule is COCCNC(=O)c1cnccc1-c1ccc(OCCOC)cc1. The van der Waals surface area contributed by atoms with E-state index in [1.54, 1.807) is 26.6 Å². The van der Waals surface area contributed by atoms with E-state index in [9.17, 15) is 4.79 Å². The van der Waals surface area contributed by atoms with Crippen molar-refractivity contribution in [1.29, 1.82) is 0 Å². The molecule has 1 amide bonds. The number of rotatable bonds is 9. The maximum atomic E-state index is 12.3. The topological polar surface area (TPSA) is 69.7 Å². The number of ether oxygens (including phenoxy) is 3. The summed E-state index contributed by atoms with van der Waals surface area (Å²) in [7, 11) is 3.23. The van der Waals surface area contributed by atoms with Crippen molar-refractivity contribution in [2.24, 2.45) is 0 Å². The van der Waals surface area contributed by atoms with Crippen LogP contribution in [-0.4, -0.2) is 51.5 Å². The van der Waals surface area contributed by atoms with Crippen molar-refractivity contribution in [3.05, 3.63) is 48.3 Å². The van der Waals surface area contributed by atoms with Crippen LogP contribution in [0.3, 0.4) is 0 Å². The Kier molecular flexibility index (Phi) is 7.20. The second kappa shape index (κ2) is 9.64. The summed E-state index contributed by atoms with van der Waals surface area (Å²) in [6.07, 6.45) is 3.24. The van der Waals surface area contributed by atoms with Crippen molar-refractivity contribution in [1.82, 2.24) is 10.3 Å². The van der Waals surface area contributed by atoms with E-state index in [-0.39, 0.29) is 5.91 Å². The Bertz CT molecular complexity index is 644. The monoisotopic (exact) mass is 330 g/mol. The lowest BCUT2D eigenvalue weighted by Crippen LogP contribution is -2.27. The molecule has 0 saturated carbocycles. The largest absolute Gasteiger partial charge is 0.491 e. The maximum absolute atomic E-state index is 12.3. The molecule has 0 aliphatic heterocycles. The number of benzene rings is 1.